The Kier molecular flexibility index (Phi) is 3.81. The van der Waals surface area contributed by atoms with Crippen molar-refractivity contribution in [3.8, 4) is 5.75 Å². The molecule has 1 aliphatic carbocycles. The Morgan fingerprint density at radius 3 is 2.67 bits per heavy atom. The number of halogens is 1. The van der Waals surface area contributed by atoms with E-state index in [1.165, 1.54) is 25.0 Å². The fraction of sp³-hybridized carbons (Fsp3) is 0.250. The molecule has 0 atom stereocenters. The fourth-order valence-electron chi connectivity index (χ4n) is 3.06. The molecular weight excluding hydrogens is 305 g/mol. The van der Waals surface area contributed by atoms with Crippen LogP contribution < -0.4 is 4.74 Å². The zero-order valence-corrected chi connectivity index (χ0v) is 13.2. The zero-order valence-electron chi connectivity index (χ0n) is 13.2. The Hall–Kier alpha value is -2.62. The van der Waals surface area contributed by atoms with Gasteiger partial charge < -0.3 is 9.30 Å². The van der Waals surface area contributed by atoms with Crippen LogP contribution >= 0.6 is 0 Å². The number of rotatable bonds is 6. The number of aromatic nitrogens is 1. The van der Waals surface area contributed by atoms with E-state index in [-0.39, 0.29) is 5.82 Å². The Morgan fingerprint density at radius 2 is 1.96 bits per heavy atom. The Labute approximate surface area is 139 Å². The lowest BCUT2D eigenvalue weighted by molar-refractivity contribution is 0.111. The second-order valence-electron chi connectivity index (χ2n) is 6.36. The number of hydrogen-bond donors (Lipinski definition) is 0. The third-order valence-electron chi connectivity index (χ3n) is 4.45. The Morgan fingerprint density at radius 1 is 1.17 bits per heavy atom. The summed E-state index contributed by atoms with van der Waals surface area (Å²) in [7, 11) is 0. The molecule has 1 saturated carbocycles. The SMILES string of the molecule is O=Cc1cc2cc(F)cc(OCc3ccccc3)c2n1CC1CC1. The van der Waals surface area contributed by atoms with Crippen molar-refractivity contribution < 1.29 is 13.9 Å². The van der Waals surface area contributed by atoms with E-state index >= 15 is 0 Å². The van der Waals surface area contributed by atoms with Crippen LogP contribution in [-0.2, 0) is 13.2 Å². The van der Waals surface area contributed by atoms with Crippen LogP contribution in [0.4, 0.5) is 4.39 Å². The summed E-state index contributed by atoms with van der Waals surface area (Å²) in [5.41, 5.74) is 2.40. The van der Waals surface area contributed by atoms with Gasteiger partial charge >= 0.3 is 0 Å². The van der Waals surface area contributed by atoms with Crippen molar-refractivity contribution in [3.63, 3.8) is 0 Å². The molecule has 1 fully saturated rings. The highest BCUT2D eigenvalue weighted by Crippen LogP contribution is 2.36. The molecule has 0 amide bonds. The summed E-state index contributed by atoms with van der Waals surface area (Å²) in [6.45, 7) is 1.15. The van der Waals surface area contributed by atoms with Gasteiger partial charge in [-0.15, -0.1) is 0 Å². The molecule has 3 aromatic rings. The van der Waals surface area contributed by atoms with E-state index in [0.29, 0.717) is 29.4 Å². The molecular formula is C20H18FNO2. The quantitative estimate of drug-likeness (QED) is 0.622. The molecule has 0 bridgehead atoms. The van der Waals surface area contributed by atoms with Crippen LogP contribution in [0.25, 0.3) is 10.9 Å². The number of carbonyl (C=O) groups is 1. The topological polar surface area (TPSA) is 31.2 Å². The van der Waals surface area contributed by atoms with Gasteiger partial charge in [-0.3, -0.25) is 4.79 Å². The maximum Gasteiger partial charge on any atom is 0.166 e. The predicted molar refractivity (Wildman–Crippen MR) is 90.8 cm³/mol. The van der Waals surface area contributed by atoms with Crippen molar-refractivity contribution >= 4 is 17.2 Å². The van der Waals surface area contributed by atoms with E-state index < -0.39 is 0 Å². The number of aldehydes is 1. The molecule has 0 N–H and O–H groups in total. The van der Waals surface area contributed by atoms with Crippen LogP contribution in [0.15, 0.2) is 48.5 Å². The standard InChI is InChI=1S/C20H18FNO2/c21-17-8-16-9-18(12-23)22(11-14-6-7-14)20(16)19(10-17)24-13-15-4-2-1-3-5-15/h1-5,8-10,12,14H,6-7,11,13H2. The molecule has 0 unspecified atom stereocenters. The second-order valence-corrected chi connectivity index (χ2v) is 6.36. The van der Waals surface area contributed by atoms with Crippen LogP contribution in [0, 0.1) is 11.7 Å². The number of nitrogens with zero attached hydrogens (tertiary/aromatic N) is 1. The van der Waals surface area contributed by atoms with E-state index in [1.807, 2.05) is 34.9 Å². The van der Waals surface area contributed by atoms with E-state index in [0.717, 1.165) is 23.9 Å². The molecule has 0 spiro atoms. The Balaban J connectivity index is 1.74. The highest BCUT2D eigenvalue weighted by molar-refractivity contribution is 5.92. The first-order chi connectivity index (χ1) is 11.7. The summed E-state index contributed by atoms with van der Waals surface area (Å²) in [5, 5.41) is 0.709. The average Bonchev–Trinajstić information content (AvgIpc) is 3.34. The normalized spacial score (nSPS) is 14.0. The molecule has 2 aromatic carbocycles. The summed E-state index contributed by atoms with van der Waals surface area (Å²) < 4.78 is 21.8. The molecule has 0 saturated heterocycles. The molecule has 24 heavy (non-hydrogen) atoms. The van der Waals surface area contributed by atoms with Gasteiger partial charge in [-0.1, -0.05) is 30.3 Å². The molecule has 4 heteroatoms. The summed E-state index contributed by atoms with van der Waals surface area (Å²) >= 11 is 0. The number of benzene rings is 2. The minimum Gasteiger partial charge on any atom is -0.487 e. The molecule has 122 valence electrons. The minimum atomic E-state index is -0.355. The van der Waals surface area contributed by atoms with Crippen LogP contribution in [-0.4, -0.2) is 10.9 Å². The van der Waals surface area contributed by atoms with Gasteiger partial charge in [-0.05, 0) is 36.5 Å². The summed E-state index contributed by atoms with van der Waals surface area (Å²) in [4.78, 5) is 11.4. The van der Waals surface area contributed by atoms with E-state index in [9.17, 15) is 9.18 Å². The van der Waals surface area contributed by atoms with Gasteiger partial charge in [0.1, 0.15) is 18.2 Å². The van der Waals surface area contributed by atoms with Gasteiger partial charge in [0.05, 0.1) is 11.2 Å². The van der Waals surface area contributed by atoms with Crippen molar-refractivity contribution in [1.29, 1.82) is 0 Å². The number of ether oxygens (including phenoxy) is 1. The molecule has 0 aliphatic heterocycles. The third kappa shape index (κ3) is 2.92. The van der Waals surface area contributed by atoms with Crippen molar-refractivity contribution in [2.75, 3.05) is 0 Å². The molecule has 1 heterocycles. The summed E-state index contributed by atoms with van der Waals surface area (Å²) in [6, 6.07) is 14.4. The first-order valence-corrected chi connectivity index (χ1v) is 8.19. The molecule has 3 nitrogen and oxygen atoms in total. The van der Waals surface area contributed by atoms with Crippen molar-refractivity contribution in [2.24, 2.45) is 5.92 Å². The Bertz CT molecular complexity index is 882. The molecule has 0 radical (unpaired) electrons. The van der Waals surface area contributed by atoms with Crippen molar-refractivity contribution in [1.82, 2.24) is 4.57 Å². The fourth-order valence-corrected chi connectivity index (χ4v) is 3.06. The van der Waals surface area contributed by atoms with Gasteiger partial charge in [-0.2, -0.15) is 0 Å². The maximum absolute atomic E-state index is 14.0. The third-order valence-corrected chi connectivity index (χ3v) is 4.45. The molecule has 1 aromatic heterocycles. The predicted octanol–water partition coefficient (Wildman–Crippen LogP) is 4.58. The number of fused-ring (bicyclic) bond motifs is 1. The monoisotopic (exact) mass is 323 g/mol. The number of hydrogen-bond acceptors (Lipinski definition) is 2. The van der Waals surface area contributed by atoms with Gasteiger partial charge in [0.2, 0.25) is 0 Å². The van der Waals surface area contributed by atoms with Gasteiger partial charge in [0, 0.05) is 18.0 Å². The maximum atomic E-state index is 14.0. The average molecular weight is 323 g/mol. The van der Waals surface area contributed by atoms with Crippen LogP contribution in [0.5, 0.6) is 5.75 Å². The highest BCUT2D eigenvalue weighted by atomic mass is 19.1. The highest BCUT2D eigenvalue weighted by Gasteiger charge is 2.25. The largest absolute Gasteiger partial charge is 0.487 e. The van der Waals surface area contributed by atoms with E-state index in [4.69, 9.17) is 4.74 Å². The van der Waals surface area contributed by atoms with Crippen LogP contribution in [0.1, 0.15) is 28.9 Å². The lowest BCUT2D eigenvalue weighted by atomic mass is 10.2. The van der Waals surface area contributed by atoms with Crippen LogP contribution in [0.2, 0.25) is 0 Å². The lowest BCUT2D eigenvalue weighted by Crippen LogP contribution is -2.05. The van der Waals surface area contributed by atoms with Crippen LogP contribution in [0.3, 0.4) is 0 Å². The van der Waals surface area contributed by atoms with E-state index in [2.05, 4.69) is 0 Å². The first-order valence-electron chi connectivity index (χ1n) is 8.19. The van der Waals surface area contributed by atoms with Gasteiger partial charge in [0.15, 0.2) is 6.29 Å². The summed E-state index contributed by atoms with van der Waals surface area (Å²) in [6.07, 6.45) is 3.19. The van der Waals surface area contributed by atoms with Crippen molar-refractivity contribution in [2.45, 2.75) is 26.0 Å². The molecule has 4 rings (SSSR count). The second kappa shape index (κ2) is 6.11. The summed E-state index contributed by atoms with van der Waals surface area (Å²) in [5.74, 6) is 0.737. The van der Waals surface area contributed by atoms with Gasteiger partial charge in [0.25, 0.3) is 0 Å². The lowest BCUT2D eigenvalue weighted by Gasteiger charge is -2.12. The first kappa shape index (κ1) is 14.9. The zero-order chi connectivity index (χ0) is 16.5. The number of carbonyl (C=O) groups excluding carboxylic acids is 1. The van der Waals surface area contributed by atoms with E-state index in [1.54, 1.807) is 6.07 Å². The molecule has 1 aliphatic rings. The van der Waals surface area contributed by atoms with Crippen molar-refractivity contribution in [3.05, 3.63) is 65.6 Å². The van der Waals surface area contributed by atoms with Gasteiger partial charge in [-0.25, -0.2) is 4.39 Å². The smallest absolute Gasteiger partial charge is 0.166 e. The minimum absolute atomic E-state index is 0.355.